The molecule has 4 unspecified atom stereocenters. The fourth-order valence-corrected chi connectivity index (χ4v) is 2.27. The number of nitrogen functional groups attached to an aromatic ring is 1. The third-order valence-electron chi connectivity index (χ3n) is 3.29. The molecular weight excluding hydrogens is 255 g/mol. The van der Waals surface area contributed by atoms with Crippen LogP contribution in [0.3, 0.4) is 0 Å². The maximum Gasteiger partial charge on any atom is 0.173 e. The molecule has 0 amide bonds. The summed E-state index contributed by atoms with van der Waals surface area (Å²) in [6.07, 6.45) is -2.17. The van der Waals surface area contributed by atoms with Gasteiger partial charge in [-0.25, -0.2) is 14.4 Å². The lowest BCUT2D eigenvalue weighted by molar-refractivity contribution is -0.0457. The second-order valence-electron chi connectivity index (χ2n) is 4.40. The first-order valence-corrected chi connectivity index (χ1v) is 5.79. The summed E-state index contributed by atoms with van der Waals surface area (Å²) in [5.74, 6) is 0.288. The zero-order chi connectivity index (χ0) is 13.6. The topological polar surface area (TPSA) is 106 Å². The number of ether oxygens (including phenoxy) is 1. The van der Waals surface area contributed by atoms with E-state index in [0.717, 1.165) is 0 Å². The fourth-order valence-electron chi connectivity index (χ4n) is 2.27. The fraction of sp³-hybridized carbons (Fsp3) is 0.455. The zero-order valence-electron chi connectivity index (χ0n) is 9.85. The van der Waals surface area contributed by atoms with Gasteiger partial charge >= 0.3 is 0 Å². The lowest BCUT2D eigenvalue weighted by Gasteiger charge is -2.15. The van der Waals surface area contributed by atoms with Crippen molar-refractivity contribution in [1.29, 1.82) is 0 Å². The van der Waals surface area contributed by atoms with Crippen LogP contribution in [0.15, 0.2) is 18.6 Å². The molecule has 0 radical (unpaired) electrons. The highest BCUT2D eigenvalue weighted by Gasteiger charge is 2.45. The van der Waals surface area contributed by atoms with Gasteiger partial charge in [-0.15, -0.1) is 0 Å². The second-order valence-corrected chi connectivity index (χ2v) is 4.40. The summed E-state index contributed by atoms with van der Waals surface area (Å²) in [4.78, 5) is 7.88. The summed E-state index contributed by atoms with van der Waals surface area (Å²) >= 11 is 0. The van der Waals surface area contributed by atoms with Crippen molar-refractivity contribution in [3.63, 3.8) is 0 Å². The van der Waals surface area contributed by atoms with Crippen molar-refractivity contribution >= 4 is 16.9 Å². The highest BCUT2D eigenvalue weighted by atomic mass is 19.1. The van der Waals surface area contributed by atoms with Gasteiger partial charge < -0.3 is 25.3 Å². The number of alkyl halides is 1. The molecule has 4 N–H and O–H groups in total. The maximum absolute atomic E-state index is 14.0. The molecule has 1 fully saturated rings. The Morgan fingerprint density at radius 1 is 1.47 bits per heavy atom. The van der Waals surface area contributed by atoms with Gasteiger partial charge in [-0.05, 0) is 6.07 Å². The number of anilines is 1. The largest absolute Gasteiger partial charge is 0.394 e. The van der Waals surface area contributed by atoms with Crippen LogP contribution in [0.1, 0.15) is 6.23 Å². The molecule has 0 aliphatic carbocycles. The minimum Gasteiger partial charge on any atom is -0.394 e. The Balaban J connectivity index is 2.04. The summed E-state index contributed by atoms with van der Waals surface area (Å²) in [5.41, 5.74) is 6.12. The Morgan fingerprint density at radius 3 is 2.95 bits per heavy atom. The molecule has 0 bridgehead atoms. The van der Waals surface area contributed by atoms with Gasteiger partial charge in [0.25, 0.3) is 0 Å². The minimum atomic E-state index is -1.65. The number of fused-ring (bicyclic) bond motifs is 1. The van der Waals surface area contributed by atoms with Crippen LogP contribution in [-0.2, 0) is 4.74 Å². The van der Waals surface area contributed by atoms with E-state index in [2.05, 4.69) is 9.97 Å². The highest BCUT2D eigenvalue weighted by Crippen LogP contribution is 2.34. The first-order valence-electron chi connectivity index (χ1n) is 5.79. The third kappa shape index (κ3) is 1.76. The molecule has 1 aliphatic rings. The molecule has 8 heteroatoms. The molecule has 1 aliphatic heterocycles. The number of aliphatic hydroxyl groups is 2. The monoisotopic (exact) mass is 268 g/mol. The van der Waals surface area contributed by atoms with Gasteiger partial charge in [-0.1, -0.05) is 0 Å². The number of nitrogens with zero attached hydrogens (tertiary/aromatic N) is 3. The number of hydrogen-bond donors (Lipinski definition) is 3. The maximum atomic E-state index is 14.0. The van der Waals surface area contributed by atoms with Gasteiger partial charge in [0.15, 0.2) is 12.4 Å². The van der Waals surface area contributed by atoms with Crippen molar-refractivity contribution in [3.05, 3.63) is 18.6 Å². The molecule has 4 atom stereocenters. The molecule has 7 nitrogen and oxygen atoms in total. The van der Waals surface area contributed by atoms with Gasteiger partial charge in [-0.2, -0.15) is 0 Å². The quantitative estimate of drug-likeness (QED) is 0.684. The summed E-state index contributed by atoms with van der Waals surface area (Å²) in [6, 6.07) is 1.65. The third-order valence-corrected chi connectivity index (χ3v) is 3.29. The standard InChI is InChI=1S/C11H13FN4O3/c12-7-8(18)6(3-17)19-11(7)16-2-1-5-9(13)14-4-15-10(5)16/h1-2,4,6-8,11,17-18H,3H2,(H2,13,14,15). The Labute approximate surface area is 107 Å². The molecular formula is C11H13FN4O3. The van der Waals surface area contributed by atoms with E-state index in [-0.39, 0.29) is 5.82 Å². The minimum absolute atomic E-state index is 0.288. The Morgan fingerprint density at radius 2 is 2.26 bits per heavy atom. The van der Waals surface area contributed by atoms with Gasteiger partial charge in [0, 0.05) is 6.20 Å². The second kappa shape index (κ2) is 4.41. The van der Waals surface area contributed by atoms with Crippen LogP contribution < -0.4 is 5.73 Å². The van der Waals surface area contributed by atoms with E-state index in [9.17, 15) is 9.50 Å². The van der Waals surface area contributed by atoms with Crippen LogP contribution in [0.25, 0.3) is 11.0 Å². The molecule has 0 saturated carbocycles. The van der Waals surface area contributed by atoms with Crippen LogP contribution in [0, 0.1) is 0 Å². The van der Waals surface area contributed by atoms with Crippen molar-refractivity contribution in [1.82, 2.24) is 14.5 Å². The molecule has 2 aromatic rings. The van der Waals surface area contributed by atoms with Crippen molar-refractivity contribution < 1.29 is 19.3 Å². The van der Waals surface area contributed by atoms with E-state index in [1.807, 2.05) is 0 Å². The molecule has 0 aromatic carbocycles. The van der Waals surface area contributed by atoms with Crippen molar-refractivity contribution in [2.75, 3.05) is 12.3 Å². The van der Waals surface area contributed by atoms with Crippen LogP contribution in [0.4, 0.5) is 10.2 Å². The van der Waals surface area contributed by atoms with Crippen molar-refractivity contribution in [2.45, 2.75) is 24.6 Å². The zero-order valence-corrected chi connectivity index (χ0v) is 9.85. The van der Waals surface area contributed by atoms with E-state index < -0.39 is 31.2 Å². The van der Waals surface area contributed by atoms with Crippen LogP contribution in [-0.4, -0.2) is 49.7 Å². The molecule has 3 heterocycles. The number of nitrogens with two attached hydrogens (primary N) is 1. The lowest BCUT2D eigenvalue weighted by atomic mass is 10.1. The predicted octanol–water partition coefficient (Wildman–Crippen LogP) is -0.398. The first kappa shape index (κ1) is 12.3. The average molecular weight is 268 g/mol. The van der Waals surface area contributed by atoms with E-state index >= 15 is 0 Å². The number of hydrogen-bond acceptors (Lipinski definition) is 6. The number of rotatable bonds is 2. The summed E-state index contributed by atoms with van der Waals surface area (Å²) in [5, 5.41) is 19.2. The molecule has 19 heavy (non-hydrogen) atoms. The Hall–Kier alpha value is -1.77. The van der Waals surface area contributed by atoms with Gasteiger partial charge in [0.2, 0.25) is 0 Å². The van der Waals surface area contributed by atoms with Crippen LogP contribution >= 0.6 is 0 Å². The van der Waals surface area contributed by atoms with Gasteiger partial charge in [-0.3, -0.25) is 0 Å². The predicted molar refractivity (Wildman–Crippen MR) is 63.8 cm³/mol. The van der Waals surface area contributed by atoms with Crippen LogP contribution in [0.2, 0.25) is 0 Å². The van der Waals surface area contributed by atoms with Gasteiger partial charge in [0.1, 0.15) is 30.0 Å². The first-order chi connectivity index (χ1) is 9.13. The Bertz CT molecular complexity index is 605. The van der Waals surface area contributed by atoms with E-state index in [4.69, 9.17) is 15.6 Å². The highest BCUT2D eigenvalue weighted by molar-refractivity contribution is 5.86. The normalized spacial score (nSPS) is 31.1. The number of aromatic nitrogens is 3. The molecule has 0 spiro atoms. The molecule has 2 aromatic heterocycles. The van der Waals surface area contributed by atoms with E-state index in [0.29, 0.717) is 11.0 Å². The summed E-state index contributed by atoms with van der Waals surface area (Å²) in [7, 11) is 0. The molecule has 102 valence electrons. The number of halogens is 1. The molecule has 1 saturated heterocycles. The van der Waals surface area contributed by atoms with Gasteiger partial charge in [0.05, 0.1) is 12.0 Å². The number of aliphatic hydroxyl groups excluding tert-OH is 2. The lowest BCUT2D eigenvalue weighted by Crippen LogP contribution is -2.30. The van der Waals surface area contributed by atoms with Crippen LogP contribution in [0.5, 0.6) is 0 Å². The smallest absolute Gasteiger partial charge is 0.173 e. The van der Waals surface area contributed by atoms with Crippen molar-refractivity contribution in [2.24, 2.45) is 0 Å². The van der Waals surface area contributed by atoms with Crippen molar-refractivity contribution in [3.8, 4) is 0 Å². The Kier molecular flexibility index (Phi) is 2.85. The molecule has 3 rings (SSSR count). The average Bonchev–Trinajstić information content (AvgIpc) is 2.94. The van der Waals surface area contributed by atoms with E-state index in [1.54, 1.807) is 12.3 Å². The summed E-state index contributed by atoms with van der Waals surface area (Å²) in [6.45, 7) is -0.450. The summed E-state index contributed by atoms with van der Waals surface area (Å²) < 4.78 is 20.8. The van der Waals surface area contributed by atoms with E-state index in [1.165, 1.54) is 10.9 Å². The SMILES string of the molecule is Nc1ncnc2c1ccn2C1OC(CO)C(O)C1F.